The van der Waals surface area contributed by atoms with Gasteiger partial charge in [0.05, 0.1) is 0 Å². The quantitative estimate of drug-likeness (QED) is 0.149. The first-order valence-electron chi connectivity index (χ1n) is 17.5. The van der Waals surface area contributed by atoms with Crippen LogP contribution >= 0.6 is 8.20 Å². The third-order valence-corrected chi connectivity index (χ3v) is 26.0. The molecule has 0 radical (unpaired) electrons. The maximum absolute atomic E-state index is 3.91. The lowest BCUT2D eigenvalue weighted by Crippen LogP contribution is -2.52. The van der Waals surface area contributed by atoms with Crippen LogP contribution in [0.2, 0.25) is 33.2 Å². The van der Waals surface area contributed by atoms with Gasteiger partial charge < -0.3 is 0 Å². The molecule has 0 fully saturated rings. The van der Waals surface area contributed by atoms with Crippen LogP contribution in [0.1, 0.15) is 162 Å². The van der Waals surface area contributed by atoms with E-state index >= 15 is 0 Å². The van der Waals surface area contributed by atoms with E-state index in [2.05, 4.69) is 181 Å². The van der Waals surface area contributed by atoms with Gasteiger partial charge >= 0.3 is 0 Å². The van der Waals surface area contributed by atoms with Crippen LogP contribution < -0.4 is 5.30 Å². The van der Waals surface area contributed by atoms with Gasteiger partial charge in [0.25, 0.3) is 0 Å². The monoisotopic (exact) mass is 650 g/mol. The predicted octanol–water partition coefficient (Wildman–Crippen LogP) is 12.8. The van der Waals surface area contributed by atoms with Crippen LogP contribution in [0.25, 0.3) is 0 Å². The van der Waals surface area contributed by atoms with Gasteiger partial charge in [-0.25, -0.2) is 0 Å². The molecule has 0 bridgehead atoms. The average Bonchev–Trinajstić information content (AvgIpc) is 2.80. The predicted molar refractivity (Wildman–Crippen MR) is 212 cm³/mol. The van der Waals surface area contributed by atoms with Crippen molar-refractivity contribution < 1.29 is 0 Å². The van der Waals surface area contributed by atoms with Crippen molar-refractivity contribution in [3.63, 3.8) is 0 Å². The summed E-state index contributed by atoms with van der Waals surface area (Å²) >= 11 is 0. The molecule has 1 rings (SSSR count). The Balaban J connectivity index is 4.50. The molecule has 0 spiro atoms. The normalized spacial score (nSPS) is 14.1. The lowest BCUT2D eigenvalue weighted by Gasteiger charge is -2.43. The van der Waals surface area contributed by atoms with Crippen LogP contribution in [0.4, 0.5) is 0 Å². The van der Waals surface area contributed by atoms with Crippen molar-refractivity contribution >= 4 is 34.6 Å². The molecule has 0 amide bonds. The number of benzene rings is 1. The smallest absolute Gasteiger partial charge is 0.116 e. The van der Waals surface area contributed by atoms with Gasteiger partial charge in [-0.05, 0) is 78.0 Å². The summed E-state index contributed by atoms with van der Waals surface area (Å²) < 4.78 is 0. The number of hydrogen-bond acceptors (Lipinski definition) is 0. The summed E-state index contributed by atoms with van der Waals surface area (Å²) in [5, 5.41) is 1.49. The Hall–Kier alpha value is -1.06. The molecule has 0 atom stereocenters. The van der Waals surface area contributed by atoms with Crippen LogP contribution in [0.15, 0.2) is 12.1 Å². The molecule has 0 nitrogen and oxygen atoms in total. The summed E-state index contributed by atoms with van der Waals surface area (Å²) in [6.07, 6.45) is 0. The van der Waals surface area contributed by atoms with Gasteiger partial charge in [0, 0.05) is 10.2 Å². The van der Waals surface area contributed by atoms with Crippen LogP contribution in [0, 0.1) is 23.3 Å². The van der Waals surface area contributed by atoms with Crippen molar-refractivity contribution in [1.29, 1.82) is 0 Å². The average molecular weight is 651 g/mol. The van der Waals surface area contributed by atoms with Crippen molar-refractivity contribution in [2.45, 2.75) is 195 Å². The molecule has 0 aliphatic heterocycles. The summed E-state index contributed by atoms with van der Waals surface area (Å²) in [5.41, 5.74) is 12.0. The highest BCUT2D eigenvalue weighted by atomic mass is 31.1. The fourth-order valence-electron chi connectivity index (χ4n) is 8.16. The molecule has 1 aromatic carbocycles. The van der Waals surface area contributed by atoms with E-state index in [0.29, 0.717) is 33.2 Å². The summed E-state index contributed by atoms with van der Waals surface area (Å²) in [7, 11) is -2.57. The third-order valence-electron chi connectivity index (χ3n) is 10.5. The summed E-state index contributed by atoms with van der Waals surface area (Å²) in [6, 6.07) is 5.05. The Morgan fingerprint density at radius 2 is 0.909 bits per heavy atom. The number of rotatable bonds is 8. The highest BCUT2D eigenvalue weighted by Gasteiger charge is 2.47. The van der Waals surface area contributed by atoms with E-state index in [9.17, 15) is 0 Å². The summed E-state index contributed by atoms with van der Waals surface area (Å²) in [5.74, 6) is 11.0. The zero-order chi connectivity index (χ0) is 34.8. The summed E-state index contributed by atoms with van der Waals surface area (Å²) in [4.78, 5) is 1.48. The Labute approximate surface area is 280 Å². The minimum atomic E-state index is -2.04. The molecule has 0 heterocycles. The Kier molecular flexibility index (Phi) is 13.8. The molecule has 0 saturated carbocycles. The molecule has 248 valence electrons. The lowest BCUT2D eigenvalue weighted by atomic mass is 9.75. The topological polar surface area (TPSA) is 0 Å². The molecular formula is C41H71PSi2. The highest BCUT2D eigenvalue weighted by Crippen LogP contribution is 2.45. The van der Waals surface area contributed by atoms with Crippen LogP contribution in [-0.2, 0) is 16.2 Å². The molecule has 0 aliphatic rings. The van der Waals surface area contributed by atoms with Gasteiger partial charge in [-0.2, -0.15) is 0 Å². The van der Waals surface area contributed by atoms with E-state index in [0.717, 1.165) is 0 Å². The van der Waals surface area contributed by atoms with E-state index in [-0.39, 0.29) is 16.2 Å². The zero-order valence-electron chi connectivity index (χ0n) is 33.1. The molecule has 44 heavy (non-hydrogen) atoms. The van der Waals surface area contributed by atoms with Crippen LogP contribution in [-0.4, -0.2) is 21.1 Å². The maximum atomic E-state index is 3.91. The van der Waals surface area contributed by atoms with Gasteiger partial charge in [0.2, 0.25) is 0 Å². The van der Waals surface area contributed by atoms with Crippen molar-refractivity contribution in [3.8, 4) is 23.3 Å². The van der Waals surface area contributed by atoms with Crippen molar-refractivity contribution in [3.05, 3.63) is 28.8 Å². The SMILES string of the molecule is CC(C)[Si](C#CC#CC(=Pc1c(C(C)(C)C)cc(C(C)(C)C)cc1C(C)(C)C)[Si](C(C)C)(C(C)C)C(C)C)(C(C)C)C(C)C. The largest absolute Gasteiger partial charge is 0.147 e. The Morgan fingerprint density at radius 1 is 0.545 bits per heavy atom. The molecule has 0 N–H and O–H groups in total. The van der Waals surface area contributed by atoms with Gasteiger partial charge in [-0.1, -0.05) is 172 Å². The Bertz CT molecular complexity index is 1200. The van der Waals surface area contributed by atoms with E-state index in [1.54, 1.807) is 0 Å². The molecular weight excluding hydrogens is 580 g/mol. The molecule has 0 aliphatic carbocycles. The first-order valence-corrected chi connectivity index (χ1v) is 22.9. The minimum absolute atomic E-state index is 0.0244. The molecule has 0 aromatic heterocycles. The third kappa shape index (κ3) is 8.64. The molecule has 0 unspecified atom stereocenters. The molecule has 0 saturated heterocycles. The first kappa shape index (κ1) is 41.0. The molecule has 1 aromatic rings. The number of hydrogen-bond donors (Lipinski definition) is 0. The highest BCUT2D eigenvalue weighted by molar-refractivity contribution is 7.59. The lowest BCUT2D eigenvalue weighted by molar-refractivity contribution is 0.554. The summed E-state index contributed by atoms with van der Waals surface area (Å²) in [6.45, 7) is 50.6. The van der Waals surface area contributed by atoms with E-state index < -0.39 is 16.1 Å². The maximum Gasteiger partial charge on any atom is 0.147 e. The van der Waals surface area contributed by atoms with Crippen molar-refractivity contribution in [2.75, 3.05) is 0 Å². The van der Waals surface area contributed by atoms with E-state index in [4.69, 9.17) is 0 Å². The second-order valence-electron chi connectivity index (χ2n) is 18.4. The second-order valence-corrected chi connectivity index (χ2v) is 31.4. The van der Waals surface area contributed by atoms with Gasteiger partial charge in [-0.15, -0.1) is 5.54 Å². The van der Waals surface area contributed by atoms with Crippen molar-refractivity contribution in [1.82, 2.24) is 0 Å². The fraction of sp³-hybridized carbons (Fsp3) is 0.732. The van der Waals surface area contributed by atoms with Gasteiger partial charge in [-0.3, -0.25) is 0 Å². The van der Waals surface area contributed by atoms with Gasteiger partial charge in [0.1, 0.15) is 16.1 Å². The van der Waals surface area contributed by atoms with E-state index in [1.165, 1.54) is 35.1 Å². The van der Waals surface area contributed by atoms with Gasteiger partial charge in [0.15, 0.2) is 0 Å². The zero-order valence-corrected chi connectivity index (χ0v) is 36.0. The Morgan fingerprint density at radius 3 is 1.18 bits per heavy atom. The fourth-order valence-corrected chi connectivity index (χ4v) is 24.0. The molecule has 3 heteroatoms. The van der Waals surface area contributed by atoms with Crippen molar-refractivity contribution in [2.24, 2.45) is 0 Å². The van der Waals surface area contributed by atoms with Crippen LogP contribution in [0.5, 0.6) is 0 Å². The van der Waals surface area contributed by atoms with E-state index in [1.807, 2.05) is 0 Å². The second kappa shape index (κ2) is 14.8. The minimum Gasteiger partial charge on any atom is -0.116 e. The first-order chi connectivity index (χ1) is 19.7. The standard InChI is InChI=1S/C41H71PSi2/c1-28(2)43(29(3)4,30(5)6)25-23-22-24-37(44(31(7)8,32(9)10)33(11)12)42-38-35(40(16,17)18)26-34(39(13,14)15)27-36(38)41(19,20)21/h26-33H,1-21H3. The van der Waals surface area contributed by atoms with Crippen LogP contribution in [0.3, 0.4) is 0 Å².